The Morgan fingerprint density at radius 2 is 1.95 bits per heavy atom. The van der Waals surface area contributed by atoms with Gasteiger partial charge >= 0.3 is 5.97 Å². The highest BCUT2D eigenvalue weighted by molar-refractivity contribution is 5.93. The summed E-state index contributed by atoms with van der Waals surface area (Å²) in [5.41, 5.74) is 5.80. The van der Waals surface area contributed by atoms with Crippen molar-refractivity contribution in [2.45, 2.75) is 20.0 Å². The molecule has 0 saturated heterocycles. The van der Waals surface area contributed by atoms with E-state index < -0.39 is 17.9 Å². The first kappa shape index (κ1) is 14.9. The fraction of sp³-hybridized carbons (Fsp3) is 0.385. The highest BCUT2D eigenvalue weighted by atomic mass is 19.1. The van der Waals surface area contributed by atoms with Crippen molar-refractivity contribution >= 4 is 17.6 Å². The third-order valence-electron chi connectivity index (χ3n) is 2.57. The van der Waals surface area contributed by atoms with Crippen LogP contribution in [0.4, 0.5) is 10.1 Å². The van der Waals surface area contributed by atoms with Crippen molar-refractivity contribution in [2.75, 3.05) is 19.8 Å². The van der Waals surface area contributed by atoms with Crippen molar-refractivity contribution in [1.29, 1.82) is 0 Å². The van der Waals surface area contributed by atoms with Gasteiger partial charge in [-0.3, -0.25) is 4.79 Å². The first-order valence-electron chi connectivity index (χ1n) is 5.71. The Hall–Kier alpha value is -2.11. The van der Waals surface area contributed by atoms with Gasteiger partial charge in [0.05, 0.1) is 5.56 Å². The van der Waals surface area contributed by atoms with Crippen LogP contribution in [0, 0.1) is 12.7 Å². The predicted molar refractivity (Wildman–Crippen MR) is 69.1 cm³/mol. The van der Waals surface area contributed by atoms with Gasteiger partial charge in [0.25, 0.3) is 5.91 Å². The van der Waals surface area contributed by atoms with Crippen LogP contribution in [0.25, 0.3) is 0 Å². The number of rotatable bonds is 3. The lowest BCUT2D eigenvalue weighted by Crippen LogP contribution is -2.35. The normalized spacial score (nSPS) is 11.8. The Morgan fingerprint density at radius 3 is 2.47 bits per heavy atom. The van der Waals surface area contributed by atoms with Crippen molar-refractivity contribution in [1.82, 2.24) is 4.90 Å². The van der Waals surface area contributed by atoms with Crippen LogP contribution in [0.3, 0.4) is 0 Å². The summed E-state index contributed by atoms with van der Waals surface area (Å²) in [6.07, 6.45) is -0.983. The SMILES string of the molecule is Cc1cc(N)cc(C(=O)OC(C)C(=O)N(C)C)c1F. The number of halogens is 1. The van der Waals surface area contributed by atoms with Crippen LogP contribution in [0.1, 0.15) is 22.8 Å². The predicted octanol–water partition coefficient (Wildman–Crippen LogP) is 1.35. The molecule has 0 aromatic heterocycles. The van der Waals surface area contributed by atoms with Crippen LogP contribution in [-0.4, -0.2) is 37.0 Å². The van der Waals surface area contributed by atoms with E-state index in [0.717, 1.165) is 0 Å². The second-order valence-corrected chi connectivity index (χ2v) is 4.48. The minimum atomic E-state index is -0.983. The Morgan fingerprint density at radius 1 is 1.37 bits per heavy atom. The van der Waals surface area contributed by atoms with Gasteiger partial charge in [-0.2, -0.15) is 0 Å². The van der Waals surface area contributed by atoms with Crippen molar-refractivity contribution in [2.24, 2.45) is 0 Å². The standard InChI is InChI=1S/C13H17FN2O3/c1-7-5-9(15)6-10(11(7)14)13(18)19-8(2)12(17)16(3)4/h5-6,8H,15H2,1-4H3. The molecule has 0 saturated carbocycles. The summed E-state index contributed by atoms with van der Waals surface area (Å²) in [6, 6.07) is 2.61. The molecule has 0 fully saturated rings. The second-order valence-electron chi connectivity index (χ2n) is 4.48. The monoisotopic (exact) mass is 268 g/mol. The number of carbonyl (C=O) groups excluding carboxylic acids is 2. The van der Waals surface area contributed by atoms with E-state index in [-0.39, 0.29) is 22.7 Å². The molecule has 0 spiro atoms. The smallest absolute Gasteiger partial charge is 0.341 e. The van der Waals surface area contributed by atoms with Crippen LogP contribution in [-0.2, 0) is 9.53 Å². The van der Waals surface area contributed by atoms with Crippen LogP contribution in [0.5, 0.6) is 0 Å². The molecule has 1 atom stereocenters. The summed E-state index contributed by atoms with van der Waals surface area (Å²) in [7, 11) is 3.08. The second kappa shape index (κ2) is 5.69. The average Bonchev–Trinajstić information content (AvgIpc) is 2.32. The van der Waals surface area contributed by atoms with Gasteiger partial charge in [-0.1, -0.05) is 0 Å². The number of carbonyl (C=O) groups is 2. The van der Waals surface area contributed by atoms with Crippen LogP contribution in [0.2, 0.25) is 0 Å². The lowest BCUT2D eigenvalue weighted by atomic mass is 10.1. The number of anilines is 1. The van der Waals surface area contributed by atoms with Crippen molar-refractivity contribution in [3.63, 3.8) is 0 Å². The molecule has 0 aliphatic rings. The molecule has 104 valence electrons. The van der Waals surface area contributed by atoms with Gasteiger partial charge < -0.3 is 15.4 Å². The zero-order valence-corrected chi connectivity index (χ0v) is 11.4. The molecule has 1 rings (SSSR count). The molecule has 0 heterocycles. The molecule has 2 N–H and O–H groups in total. The van der Waals surface area contributed by atoms with Gasteiger partial charge in [-0.05, 0) is 31.5 Å². The number of aryl methyl sites for hydroxylation is 1. The quantitative estimate of drug-likeness (QED) is 0.663. The molecule has 0 aliphatic carbocycles. The van der Waals surface area contributed by atoms with Gasteiger partial charge in [0.1, 0.15) is 5.82 Å². The molecule has 0 radical (unpaired) electrons. The number of hydrogen-bond acceptors (Lipinski definition) is 4. The van der Waals surface area contributed by atoms with E-state index in [2.05, 4.69) is 0 Å². The maximum Gasteiger partial charge on any atom is 0.341 e. The largest absolute Gasteiger partial charge is 0.449 e. The van der Waals surface area contributed by atoms with Gasteiger partial charge in [0.15, 0.2) is 6.10 Å². The van der Waals surface area contributed by atoms with Crippen LogP contribution >= 0.6 is 0 Å². The Labute approximate surface area is 111 Å². The molecule has 6 heteroatoms. The van der Waals surface area contributed by atoms with Crippen molar-refractivity contribution in [3.05, 3.63) is 29.1 Å². The van der Waals surface area contributed by atoms with E-state index >= 15 is 0 Å². The molecule has 0 bridgehead atoms. The molecular formula is C13H17FN2O3. The molecule has 1 aromatic carbocycles. The number of ether oxygens (including phenoxy) is 1. The summed E-state index contributed by atoms with van der Waals surface area (Å²) in [5.74, 6) is -1.98. The highest BCUT2D eigenvalue weighted by Gasteiger charge is 2.23. The number of hydrogen-bond donors (Lipinski definition) is 1. The summed E-state index contributed by atoms with van der Waals surface area (Å²) in [6.45, 7) is 2.92. The van der Waals surface area contributed by atoms with E-state index in [0.29, 0.717) is 0 Å². The Bertz CT molecular complexity index is 515. The molecule has 5 nitrogen and oxygen atoms in total. The van der Waals surface area contributed by atoms with E-state index in [4.69, 9.17) is 10.5 Å². The highest BCUT2D eigenvalue weighted by Crippen LogP contribution is 2.18. The minimum absolute atomic E-state index is 0.249. The molecular weight excluding hydrogens is 251 g/mol. The van der Waals surface area contributed by atoms with Crippen molar-refractivity contribution < 1.29 is 18.7 Å². The van der Waals surface area contributed by atoms with Crippen LogP contribution < -0.4 is 5.73 Å². The number of amides is 1. The Balaban J connectivity index is 2.93. The molecule has 0 aliphatic heterocycles. The number of esters is 1. The van der Waals surface area contributed by atoms with Gasteiger partial charge in [0.2, 0.25) is 0 Å². The Kier molecular flexibility index (Phi) is 4.47. The number of nitrogen functional groups attached to an aromatic ring is 1. The summed E-state index contributed by atoms with van der Waals surface area (Å²) >= 11 is 0. The zero-order valence-electron chi connectivity index (χ0n) is 11.4. The van der Waals surface area contributed by atoms with E-state index in [9.17, 15) is 14.0 Å². The van der Waals surface area contributed by atoms with Crippen LogP contribution in [0.15, 0.2) is 12.1 Å². The topological polar surface area (TPSA) is 72.6 Å². The maximum atomic E-state index is 13.8. The first-order chi connectivity index (χ1) is 8.73. The van der Waals surface area contributed by atoms with Crippen molar-refractivity contribution in [3.8, 4) is 0 Å². The maximum absolute atomic E-state index is 13.8. The fourth-order valence-corrected chi connectivity index (χ4v) is 1.58. The molecule has 1 unspecified atom stereocenters. The van der Waals surface area contributed by atoms with E-state index in [1.807, 2.05) is 0 Å². The fourth-order valence-electron chi connectivity index (χ4n) is 1.58. The summed E-state index contributed by atoms with van der Waals surface area (Å²) in [5, 5.41) is 0. The average molecular weight is 268 g/mol. The number of likely N-dealkylation sites (N-methyl/N-ethyl adjacent to an activating group) is 1. The molecule has 1 aromatic rings. The number of nitrogens with zero attached hydrogens (tertiary/aromatic N) is 1. The molecule has 19 heavy (non-hydrogen) atoms. The van der Waals surface area contributed by atoms with E-state index in [1.165, 1.54) is 45.0 Å². The first-order valence-corrected chi connectivity index (χ1v) is 5.71. The number of benzene rings is 1. The van der Waals surface area contributed by atoms with Gasteiger partial charge in [0, 0.05) is 19.8 Å². The lowest BCUT2D eigenvalue weighted by Gasteiger charge is -2.17. The number of nitrogens with two attached hydrogens (primary N) is 1. The van der Waals surface area contributed by atoms with Gasteiger partial charge in [-0.25, -0.2) is 9.18 Å². The van der Waals surface area contributed by atoms with Gasteiger partial charge in [-0.15, -0.1) is 0 Å². The van der Waals surface area contributed by atoms with E-state index in [1.54, 1.807) is 0 Å². The minimum Gasteiger partial charge on any atom is -0.449 e. The molecule has 1 amide bonds. The third kappa shape index (κ3) is 3.43. The summed E-state index contributed by atoms with van der Waals surface area (Å²) < 4.78 is 18.7. The zero-order chi connectivity index (χ0) is 14.7. The summed E-state index contributed by atoms with van der Waals surface area (Å²) in [4.78, 5) is 24.7. The lowest BCUT2D eigenvalue weighted by molar-refractivity contribution is -0.137. The third-order valence-corrected chi connectivity index (χ3v) is 2.57.